The summed E-state index contributed by atoms with van der Waals surface area (Å²) in [5, 5.41) is 10.4. The molecule has 6 heteroatoms. The Morgan fingerprint density at radius 2 is 2.05 bits per heavy atom. The molecule has 0 atom stereocenters. The van der Waals surface area contributed by atoms with Gasteiger partial charge in [-0.2, -0.15) is 0 Å². The number of benzene rings is 1. The quantitative estimate of drug-likeness (QED) is 0.839. The lowest BCUT2D eigenvalue weighted by molar-refractivity contribution is -0.120. The van der Waals surface area contributed by atoms with E-state index >= 15 is 0 Å². The van der Waals surface area contributed by atoms with Gasteiger partial charge < -0.3 is 14.5 Å². The predicted octanol–water partition coefficient (Wildman–Crippen LogP) is 1.68. The maximum Gasteiger partial charge on any atom is 0.224 e. The van der Waals surface area contributed by atoms with E-state index in [9.17, 15) is 4.79 Å². The molecule has 1 amide bonds. The van der Waals surface area contributed by atoms with Crippen LogP contribution in [0.5, 0.6) is 5.75 Å². The molecule has 0 aliphatic carbocycles. The predicted molar refractivity (Wildman–Crippen MR) is 77.1 cm³/mol. The zero-order valence-corrected chi connectivity index (χ0v) is 12.3. The highest BCUT2D eigenvalue weighted by molar-refractivity contribution is 5.78. The van der Waals surface area contributed by atoms with Crippen LogP contribution >= 0.6 is 0 Å². The Kier molecular flexibility index (Phi) is 5.31. The van der Waals surface area contributed by atoms with Gasteiger partial charge in [-0.25, -0.2) is 0 Å². The fraction of sp³-hybridized carbons (Fsp3) is 0.400. The summed E-state index contributed by atoms with van der Waals surface area (Å²) in [6.07, 6.45) is 0.880. The molecule has 1 aromatic heterocycles. The highest BCUT2D eigenvalue weighted by Gasteiger charge is 2.06. The molecule has 2 rings (SSSR count). The van der Waals surface area contributed by atoms with E-state index in [2.05, 4.69) is 15.5 Å². The Morgan fingerprint density at radius 1 is 1.29 bits per heavy atom. The lowest BCUT2D eigenvalue weighted by Crippen LogP contribution is -2.27. The fourth-order valence-corrected chi connectivity index (χ4v) is 1.87. The Hall–Kier alpha value is -2.37. The molecule has 6 nitrogen and oxygen atoms in total. The van der Waals surface area contributed by atoms with Crippen molar-refractivity contribution in [1.29, 1.82) is 0 Å². The van der Waals surface area contributed by atoms with Crippen molar-refractivity contribution < 1.29 is 13.9 Å². The molecule has 0 saturated carbocycles. The van der Waals surface area contributed by atoms with Gasteiger partial charge in [0.05, 0.1) is 13.0 Å². The molecular formula is C15H19N3O3. The number of carbonyl (C=O) groups is 1. The molecule has 1 N–H and O–H groups in total. The van der Waals surface area contributed by atoms with Crippen LogP contribution in [-0.4, -0.2) is 29.3 Å². The van der Waals surface area contributed by atoms with Crippen LogP contribution in [0.2, 0.25) is 0 Å². The molecule has 0 fully saturated rings. The molecule has 1 heterocycles. The maximum atomic E-state index is 11.8. The number of amides is 1. The second-order valence-electron chi connectivity index (χ2n) is 4.57. The Labute approximate surface area is 123 Å². The SMILES string of the molecule is CCOc1ccc(CC(=O)NCCc2nnc(C)o2)cc1. The Morgan fingerprint density at radius 3 is 2.67 bits per heavy atom. The standard InChI is InChI=1S/C15H19N3O3/c1-3-20-13-6-4-12(5-7-13)10-14(19)16-9-8-15-18-17-11(2)21-15/h4-7H,3,8-10H2,1-2H3,(H,16,19). The number of ether oxygens (including phenoxy) is 1. The summed E-state index contributed by atoms with van der Waals surface area (Å²) in [4.78, 5) is 11.8. The number of nitrogens with one attached hydrogen (secondary N) is 1. The largest absolute Gasteiger partial charge is 0.494 e. The first-order valence-electron chi connectivity index (χ1n) is 6.95. The van der Waals surface area contributed by atoms with E-state index in [0.717, 1.165) is 11.3 Å². The van der Waals surface area contributed by atoms with Gasteiger partial charge in [0.2, 0.25) is 17.7 Å². The van der Waals surface area contributed by atoms with E-state index in [0.29, 0.717) is 37.8 Å². The first kappa shape index (κ1) is 15.0. The van der Waals surface area contributed by atoms with Crippen LogP contribution in [0, 0.1) is 6.92 Å². The minimum absolute atomic E-state index is 0.0320. The van der Waals surface area contributed by atoms with Gasteiger partial charge >= 0.3 is 0 Å². The highest BCUT2D eigenvalue weighted by atomic mass is 16.5. The third kappa shape index (κ3) is 4.91. The summed E-state index contributed by atoms with van der Waals surface area (Å²) in [5.41, 5.74) is 0.949. The summed E-state index contributed by atoms with van der Waals surface area (Å²) in [7, 11) is 0. The third-order valence-electron chi connectivity index (χ3n) is 2.83. The number of nitrogens with zero attached hydrogens (tertiary/aromatic N) is 2. The second-order valence-corrected chi connectivity index (χ2v) is 4.57. The van der Waals surface area contributed by atoms with Gasteiger partial charge in [0.15, 0.2) is 0 Å². The summed E-state index contributed by atoms with van der Waals surface area (Å²) in [5.74, 6) is 1.85. The van der Waals surface area contributed by atoms with Gasteiger partial charge in [0.1, 0.15) is 5.75 Å². The van der Waals surface area contributed by atoms with Gasteiger partial charge in [-0.15, -0.1) is 10.2 Å². The highest BCUT2D eigenvalue weighted by Crippen LogP contribution is 2.12. The molecule has 0 aliphatic rings. The van der Waals surface area contributed by atoms with E-state index in [1.54, 1.807) is 6.92 Å². The van der Waals surface area contributed by atoms with E-state index in [1.807, 2.05) is 31.2 Å². The molecule has 0 saturated heterocycles. The zero-order valence-electron chi connectivity index (χ0n) is 12.3. The Bertz CT molecular complexity index is 578. The lowest BCUT2D eigenvalue weighted by Gasteiger charge is -2.06. The molecule has 0 spiro atoms. The monoisotopic (exact) mass is 289 g/mol. The van der Waals surface area contributed by atoms with Crippen LogP contribution in [0.25, 0.3) is 0 Å². The minimum Gasteiger partial charge on any atom is -0.494 e. The van der Waals surface area contributed by atoms with Crippen LogP contribution in [0.1, 0.15) is 24.3 Å². The lowest BCUT2D eigenvalue weighted by atomic mass is 10.1. The maximum absolute atomic E-state index is 11.8. The third-order valence-corrected chi connectivity index (χ3v) is 2.83. The van der Waals surface area contributed by atoms with E-state index < -0.39 is 0 Å². The molecule has 1 aromatic carbocycles. The number of hydrogen-bond donors (Lipinski definition) is 1. The zero-order chi connectivity index (χ0) is 15.1. The average Bonchev–Trinajstić information content (AvgIpc) is 2.87. The summed E-state index contributed by atoms with van der Waals surface area (Å²) in [6.45, 7) is 4.79. The van der Waals surface area contributed by atoms with Crippen molar-refractivity contribution in [2.24, 2.45) is 0 Å². The van der Waals surface area contributed by atoms with Crippen molar-refractivity contribution in [2.75, 3.05) is 13.2 Å². The van der Waals surface area contributed by atoms with Crippen molar-refractivity contribution >= 4 is 5.91 Å². The second kappa shape index (κ2) is 7.42. The molecule has 0 aliphatic heterocycles. The van der Waals surface area contributed by atoms with Gasteiger partial charge in [0, 0.05) is 19.9 Å². The van der Waals surface area contributed by atoms with Gasteiger partial charge in [-0.3, -0.25) is 4.79 Å². The molecule has 0 radical (unpaired) electrons. The van der Waals surface area contributed by atoms with E-state index in [-0.39, 0.29) is 5.91 Å². The van der Waals surface area contributed by atoms with Crippen molar-refractivity contribution in [3.63, 3.8) is 0 Å². The summed E-state index contributed by atoms with van der Waals surface area (Å²) < 4.78 is 10.6. The summed E-state index contributed by atoms with van der Waals surface area (Å²) >= 11 is 0. The van der Waals surface area contributed by atoms with Crippen LogP contribution < -0.4 is 10.1 Å². The molecule has 2 aromatic rings. The number of aromatic nitrogens is 2. The van der Waals surface area contributed by atoms with E-state index in [4.69, 9.17) is 9.15 Å². The van der Waals surface area contributed by atoms with Gasteiger partial charge in [-0.1, -0.05) is 12.1 Å². The average molecular weight is 289 g/mol. The van der Waals surface area contributed by atoms with Crippen LogP contribution in [0.3, 0.4) is 0 Å². The summed E-state index contributed by atoms with van der Waals surface area (Å²) in [6, 6.07) is 7.53. The van der Waals surface area contributed by atoms with Gasteiger partial charge in [0.25, 0.3) is 0 Å². The van der Waals surface area contributed by atoms with Crippen molar-refractivity contribution in [2.45, 2.75) is 26.7 Å². The molecular weight excluding hydrogens is 270 g/mol. The topological polar surface area (TPSA) is 77.2 Å². The first-order chi connectivity index (χ1) is 10.2. The molecule has 0 bridgehead atoms. The van der Waals surface area contributed by atoms with Crippen LogP contribution in [0.15, 0.2) is 28.7 Å². The van der Waals surface area contributed by atoms with Crippen molar-refractivity contribution in [3.8, 4) is 5.75 Å². The number of aryl methyl sites for hydroxylation is 1. The molecule has 112 valence electrons. The molecule has 21 heavy (non-hydrogen) atoms. The first-order valence-corrected chi connectivity index (χ1v) is 6.95. The molecule has 0 unspecified atom stereocenters. The van der Waals surface area contributed by atoms with Crippen molar-refractivity contribution in [1.82, 2.24) is 15.5 Å². The van der Waals surface area contributed by atoms with Crippen LogP contribution in [0.4, 0.5) is 0 Å². The number of hydrogen-bond acceptors (Lipinski definition) is 5. The van der Waals surface area contributed by atoms with Crippen LogP contribution in [-0.2, 0) is 17.6 Å². The number of carbonyl (C=O) groups excluding carboxylic acids is 1. The smallest absolute Gasteiger partial charge is 0.224 e. The number of rotatable bonds is 7. The van der Waals surface area contributed by atoms with E-state index in [1.165, 1.54) is 0 Å². The normalized spacial score (nSPS) is 10.4. The minimum atomic E-state index is -0.0320. The Balaban J connectivity index is 1.73. The van der Waals surface area contributed by atoms with Gasteiger partial charge in [-0.05, 0) is 24.6 Å². The van der Waals surface area contributed by atoms with Crippen molar-refractivity contribution in [3.05, 3.63) is 41.6 Å². The fourth-order valence-electron chi connectivity index (χ4n) is 1.87.